The molecule has 0 saturated heterocycles. The third-order valence-corrected chi connectivity index (χ3v) is 11.3. The van der Waals surface area contributed by atoms with Crippen molar-refractivity contribution in [2.75, 3.05) is 10.6 Å². The Balaban J connectivity index is 0.000000186. The first-order valence-electron chi connectivity index (χ1n) is 20.5. The molecule has 2 aliphatic heterocycles. The molecule has 2 aliphatic rings. The monoisotopic (exact) mass is 872 g/mol. The zero-order chi connectivity index (χ0) is 44.0. The number of benzene rings is 4. The number of ether oxygens (including phenoxy) is 4. The highest BCUT2D eigenvalue weighted by Crippen LogP contribution is 2.41. The van der Waals surface area contributed by atoms with Gasteiger partial charge < -0.3 is 29.6 Å². The molecule has 12 heteroatoms. The summed E-state index contributed by atoms with van der Waals surface area (Å²) in [7, 11) is 0. The van der Waals surface area contributed by atoms with Gasteiger partial charge in [-0.1, -0.05) is 71.7 Å². The molecule has 0 spiro atoms. The van der Waals surface area contributed by atoms with E-state index in [0.717, 1.165) is 59.1 Å². The molecule has 2 amide bonds. The second-order valence-electron chi connectivity index (χ2n) is 16.7. The Morgan fingerprint density at radius 3 is 1.71 bits per heavy atom. The van der Waals surface area contributed by atoms with Crippen LogP contribution in [0.1, 0.15) is 94.6 Å². The molecular formula is C50H50Cl2N4O6. The van der Waals surface area contributed by atoms with Crippen molar-refractivity contribution in [2.24, 2.45) is 0 Å². The molecule has 4 heterocycles. The quantitative estimate of drug-likeness (QED) is 0.140. The Kier molecular flexibility index (Phi) is 13.4. The summed E-state index contributed by atoms with van der Waals surface area (Å²) in [6.45, 7) is 12.7. The maximum absolute atomic E-state index is 13.1. The molecule has 2 aromatic heterocycles. The van der Waals surface area contributed by atoms with E-state index in [9.17, 15) is 9.59 Å². The number of anilines is 2. The van der Waals surface area contributed by atoms with Gasteiger partial charge in [-0.3, -0.25) is 9.59 Å². The predicted octanol–water partition coefficient (Wildman–Crippen LogP) is 12.0. The second-order valence-corrected chi connectivity index (χ2v) is 17.5. The largest absolute Gasteiger partial charge is 0.489 e. The first kappa shape index (κ1) is 44.0. The van der Waals surface area contributed by atoms with Crippen LogP contribution in [0.3, 0.4) is 0 Å². The van der Waals surface area contributed by atoms with E-state index in [1.54, 1.807) is 42.7 Å². The SMILES string of the molecule is Cc1ccc(NC(=O)c2cc(OCc3ccccc3Cl)c3c(c2)OC(C)(C)CC3)nc1.Cc1ccc(NC(=O)c2cc(OCc3ccccc3Cl)cc3c2CCC(C)(C)O3)nc1. The van der Waals surface area contributed by atoms with Crippen molar-refractivity contribution in [1.29, 1.82) is 0 Å². The number of nitrogens with one attached hydrogen (secondary N) is 2. The first-order chi connectivity index (χ1) is 29.6. The van der Waals surface area contributed by atoms with E-state index < -0.39 is 0 Å². The number of amides is 2. The molecule has 320 valence electrons. The number of aryl methyl sites for hydroxylation is 2. The number of hydrogen-bond acceptors (Lipinski definition) is 8. The fraction of sp³-hybridized carbons (Fsp3) is 0.280. The molecule has 8 rings (SSSR count). The average molecular weight is 874 g/mol. The van der Waals surface area contributed by atoms with Crippen molar-refractivity contribution in [3.8, 4) is 23.0 Å². The van der Waals surface area contributed by atoms with Crippen molar-refractivity contribution in [3.63, 3.8) is 0 Å². The number of hydrogen-bond donors (Lipinski definition) is 2. The lowest BCUT2D eigenvalue weighted by Gasteiger charge is -2.33. The molecule has 0 aliphatic carbocycles. The van der Waals surface area contributed by atoms with Crippen LogP contribution in [-0.2, 0) is 26.1 Å². The molecule has 0 atom stereocenters. The molecule has 0 fully saturated rings. The fourth-order valence-electron chi connectivity index (χ4n) is 7.02. The zero-order valence-electron chi connectivity index (χ0n) is 35.7. The average Bonchev–Trinajstić information content (AvgIpc) is 3.23. The van der Waals surface area contributed by atoms with Crippen LogP contribution in [0.25, 0.3) is 0 Å². The summed E-state index contributed by atoms with van der Waals surface area (Å²) in [4.78, 5) is 34.6. The number of nitrogens with zero attached hydrogens (tertiary/aromatic N) is 2. The van der Waals surface area contributed by atoms with Gasteiger partial charge in [-0.05, 0) is 121 Å². The van der Waals surface area contributed by atoms with Crippen LogP contribution in [0.4, 0.5) is 11.6 Å². The zero-order valence-corrected chi connectivity index (χ0v) is 37.2. The maximum atomic E-state index is 13.1. The summed E-state index contributed by atoms with van der Waals surface area (Å²) < 4.78 is 24.5. The molecule has 10 nitrogen and oxygen atoms in total. The maximum Gasteiger partial charge on any atom is 0.257 e. The number of aromatic nitrogens is 2. The van der Waals surface area contributed by atoms with Crippen LogP contribution in [0.5, 0.6) is 23.0 Å². The summed E-state index contributed by atoms with van der Waals surface area (Å²) in [5.74, 6) is 3.03. The lowest BCUT2D eigenvalue weighted by molar-refractivity contribution is 0.0824. The van der Waals surface area contributed by atoms with Gasteiger partial charge in [0.1, 0.15) is 59.0 Å². The van der Waals surface area contributed by atoms with Gasteiger partial charge in [0.15, 0.2) is 0 Å². The smallest absolute Gasteiger partial charge is 0.257 e. The van der Waals surface area contributed by atoms with Gasteiger partial charge in [-0.2, -0.15) is 0 Å². The highest BCUT2D eigenvalue weighted by atomic mass is 35.5. The van der Waals surface area contributed by atoms with Crippen molar-refractivity contribution in [2.45, 2.75) is 91.6 Å². The molecule has 0 unspecified atom stereocenters. The highest BCUT2D eigenvalue weighted by Gasteiger charge is 2.32. The normalized spacial score (nSPS) is 14.3. The van der Waals surface area contributed by atoms with Gasteiger partial charge in [0, 0.05) is 56.3 Å². The Morgan fingerprint density at radius 2 is 1.16 bits per heavy atom. The van der Waals surface area contributed by atoms with Gasteiger partial charge >= 0.3 is 0 Å². The number of halogens is 2. The molecule has 4 aromatic carbocycles. The van der Waals surface area contributed by atoms with Crippen LogP contribution >= 0.6 is 23.2 Å². The van der Waals surface area contributed by atoms with Gasteiger partial charge in [0.2, 0.25) is 0 Å². The molecule has 0 bridgehead atoms. The Labute approximate surface area is 372 Å². The number of carbonyl (C=O) groups is 2. The topological polar surface area (TPSA) is 121 Å². The minimum atomic E-state index is -0.305. The van der Waals surface area contributed by atoms with E-state index in [1.807, 2.05) is 108 Å². The molecule has 62 heavy (non-hydrogen) atoms. The van der Waals surface area contributed by atoms with E-state index in [1.165, 1.54) is 0 Å². The lowest BCUT2D eigenvalue weighted by Crippen LogP contribution is -2.33. The number of pyridine rings is 2. The van der Waals surface area contributed by atoms with Crippen LogP contribution in [0, 0.1) is 13.8 Å². The molecule has 0 saturated carbocycles. The minimum Gasteiger partial charge on any atom is -0.489 e. The van der Waals surface area contributed by atoms with Crippen LogP contribution < -0.4 is 29.6 Å². The predicted molar refractivity (Wildman–Crippen MR) is 244 cm³/mol. The fourth-order valence-corrected chi connectivity index (χ4v) is 7.41. The molecule has 6 aromatic rings. The third kappa shape index (κ3) is 11.2. The number of carbonyl (C=O) groups excluding carboxylic acids is 2. The van der Waals surface area contributed by atoms with Gasteiger partial charge in [0.05, 0.1) is 5.56 Å². The van der Waals surface area contributed by atoms with Crippen molar-refractivity contribution in [1.82, 2.24) is 9.97 Å². The third-order valence-electron chi connectivity index (χ3n) is 10.6. The van der Waals surface area contributed by atoms with Crippen LogP contribution in [0.2, 0.25) is 10.0 Å². The van der Waals surface area contributed by atoms with Crippen LogP contribution in [0.15, 0.2) is 109 Å². The van der Waals surface area contributed by atoms with Crippen molar-refractivity contribution in [3.05, 3.63) is 164 Å². The van der Waals surface area contributed by atoms with Gasteiger partial charge in [0.25, 0.3) is 11.8 Å². The van der Waals surface area contributed by atoms with E-state index in [-0.39, 0.29) is 23.0 Å². The van der Waals surface area contributed by atoms with Gasteiger partial charge in [-0.25, -0.2) is 9.97 Å². The van der Waals surface area contributed by atoms with Crippen molar-refractivity contribution >= 4 is 46.7 Å². The summed E-state index contributed by atoms with van der Waals surface area (Å²) in [5.41, 5.74) is 6.04. The van der Waals surface area contributed by atoms with Gasteiger partial charge in [-0.15, -0.1) is 0 Å². The van der Waals surface area contributed by atoms with Crippen LogP contribution in [-0.4, -0.2) is 33.0 Å². The highest BCUT2D eigenvalue weighted by molar-refractivity contribution is 6.31. The minimum absolute atomic E-state index is 0.237. The molecular weight excluding hydrogens is 823 g/mol. The van der Waals surface area contributed by atoms with E-state index in [0.29, 0.717) is 69.0 Å². The molecule has 0 radical (unpaired) electrons. The summed E-state index contributed by atoms with van der Waals surface area (Å²) in [5, 5.41) is 7.01. The van der Waals surface area contributed by atoms with E-state index >= 15 is 0 Å². The Morgan fingerprint density at radius 1 is 0.645 bits per heavy atom. The number of fused-ring (bicyclic) bond motifs is 2. The van der Waals surface area contributed by atoms with E-state index in [4.69, 9.17) is 42.1 Å². The summed E-state index contributed by atoms with van der Waals surface area (Å²) >= 11 is 12.5. The van der Waals surface area contributed by atoms with E-state index in [2.05, 4.69) is 20.6 Å². The standard InChI is InChI=1S/2C25H25ClN2O3/c1-16-8-9-23(27-14-16)28-24(29)20-12-18(30-15-17-6-4-5-7-21(17)26)13-22-19(20)10-11-25(2,3)31-22;1-16-8-9-23(27-14-16)28-24(29)18-12-21(30-15-17-6-4-5-7-20(17)26)19-10-11-25(2,3)31-22(19)13-18/h2*4-9,12-14H,10-11,15H2,1-3H3,(H,27,28,29). The summed E-state index contributed by atoms with van der Waals surface area (Å²) in [6, 6.07) is 29.6. The molecule has 2 N–H and O–H groups in total. The Bertz CT molecular complexity index is 2570. The lowest BCUT2D eigenvalue weighted by atomic mass is 9.91. The number of rotatable bonds is 10. The van der Waals surface area contributed by atoms with Crippen molar-refractivity contribution < 1.29 is 28.5 Å². The summed E-state index contributed by atoms with van der Waals surface area (Å²) in [6.07, 6.45) is 6.68. The Hall–Kier alpha value is -6.10. The second kappa shape index (κ2) is 18.9. The first-order valence-corrected chi connectivity index (χ1v) is 21.3.